The summed E-state index contributed by atoms with van der Waals surface area (Å²) in [5.41, 5.74) is 0. The maximum atomic E-state index is 4.17. The van der Waals surface area contributed by atoms with Crippen molar-refractivity contribution in [1.82, 2.24) is 15.1 Å². The van der Waals surface area contributed by atoms with Gasteiger partial charge in [0, 0.05) is 18.9 Å². The molecule has 1 N–H and O–H groups in total. The molecule has 82 valence electrons. The van der Waals surface area contributed by atoms with Gasteiger partial charge >= 0.3 is 0 Å². The van der Waals surface area contributed by atoms with E-state index < -0.39 is 0 Å². The molecule has 0 radical (unpaired) electrons. The summed E-state index contributed by atoms with van der Waals surface area (Å²) in [6.45, 7) is 3.13. The Morgan fingerprint density at radius 2 is 2.40 bits per heavy atom. The third-order valence-electron chi connectivity index (χ3n) is 2.89. The van der Waals surface area contributed by atoms with E-state index in [4.69, 9.17) is 0 Å². The number of aromatic nitrogens is 2. The first-order valence-electron chi connectivity index (χ1n) is 5.78. The fraction of sp³-hybridized carbons (Fsp3) is 0.583. The summed E-state index contributed by atoms with van der Waals surface area (Å²) in [7, 11) is 0. The normalized spacial score (nSPS) is 20.7. The van der Waals surface area contributed by atoms with E-state index in [1.807, 2.05) is 23.1 Å². The third-order valence-corrected chi connectivity index (χ3v) is 2.89. The Balaban J connectivity index is 1.57. The van der Waals surface area contributed by atoms with Gasteiger partial charge in [-0.2, -0.15) is 5.10 Å². The fourth-order valence-electron chi connectivity index (χ4n) is 1.97. The summed E-state index contributed by atoms with van der Waals surface area (Å²) < 4.78 is 1.97. The molecule has 0 spiro atoms. The first kappa shape index (κ1) is 10.4. The van der Waals surface area contributed by atoms with E-state index in [1.165, 1.54) is 19.3 Å². The van der Waals surface area contributed by atoms with Crippen molar-refractivity contribution in [3.8, 4) is 0 Å². The van der Waals surface area contributed by atoms with Crippen molar-refractivity contribution in [3.05, 3.63) is 30.6 Å². The highest BCUT2D eigenvalue weighted by Gasteiger charge is 2.08. The van der Waals surface area contributed by atoms with Gasteiger partial charge in [-0.3, -0.25) is 4.68 Å². The average Bonchev–Trinajstić information content (AvgIpc) is 2.79. The first-order valence-corrected chi connectivity index (χ1v) is 5.78. The molecule has 0 saturated carbocycles. The van der Waals surface area contributed by atoms with E-state index >= 15 is 0 Å². The predicted octanol–water partition coefficient (Wildman–Crippen LogP) is 1.83. The molecule has 1 atom stereocenters. The van der Waals surface area contributed by atoms with Crippen LogP contribution in [0.25, 0.3) is 0 Å². The number of rotatable bonds is 5. The first-order chi connectivity index (χ1) is 7.45. The quantitative estimate of drug-likeness (QED) is 0.587. The number of nitrogens with one attached hydrogen (secondary N) is 1. The molecule has 0 fully saturated rings. The van der Waals surface area contributed by atoms with Crippen molar-refractivity contribution in [1.29, 1.82) is 0 Å². The van der Waals surface area contributed by atoms with E-state index in [-0.39, 0.29) is 0 Å². The standard InChI is InChI=1S/C12H19N3/c1-2-5-12(6-3-1)11-13-8-10-15-9-4-7-14-15/h1-2,4,7,9,12-13H,3,5-6,8,10-11H2. The Labute approximate surface area is 91.2 Å². The maximum absolute atomic E-state index is 4.17. The fourth-order valence-corrected chi connectivity index (χ4v) is 1.97. The lowest BCUT2D eigenvalue weighted by molar-refractivity contribution is 0.429. The van der Waals surface area contributed by atoms with Crippen LogP contribution < -0.4 is 5.32 Å². The Bertz CT molecular complexity index is 290. The second kappa shape index (κ2) is 5.71. The summed E-state index contributed by atoms with van der Waals surface area (Å²) in [5, 5.41) is 7.66. The van der Waals surface area contributed by atoms with Crippen LogP contribution in [0.15, 0.2) is 30.6 Å². The summed E-state index contributed by atoms with van der Waals surface area (Å²) in [4.78, 5) is 0. The minimum Gasteiger partial charge on any atom is -0.315 e. The lowest BCUT2D eigenvalue weighted by Gasteiger charge is -2.18. The Kier molecular flexibility index (Phi) is 3.97. The Hall–Kier alpha value is -1.09. The average molecular weight is 205 g/mol. The lowest BCUT2D eigenvalue weighted by atomic mass is 9.94. The molecule has 1 aliphatic rings. The van der Waals surface area contributed by atoms with Gasteiger partial charge in [0.1, 0.15) is 0 Å². The van der Waals surface area contributed by atoms with Crippen molar-refractivity contribution in [2.75, 3.05) is 13.1 Å². The topological polar surface area (TPSA) is 29.9 Å². The molecule has 3 heteroatoms. The van der Waals surface area contributed by atoms with Crippen LogP contribution in [0.1, 0.15) is 19.3 Å². The Morgan fingerprint density at radius 1 is 1.40 bits per heavy atom. The highest BCUT2D eigenvalue weighted by atomic mass is 15.3. The van der Waals surface area contributed by atoms with Crippen molar-refractivity contribution in [2.24, 2.45) is 5.92 Å². The molecule has 0 amide bonds. The molecule has 3 nitrogen and oxygen atoms in total. The smallest absolute Gasteiger partial charge is 0.0533 e. The molecule has 1 heterocycles. The van der Waals surface area contributed by atoms with E-state index in [2.05, 4.69) is 22.6 Å². The van der Waals surface area contributed by atoms with Crippen LogP contribution in [-0.2, 0) is 6.54 Å². The van der Waals surface area contributed by atoms with Crippen LogP contribution in [0.5, 0.6) is 0 Å². The van der Waals surface area contributed by atoms with Crippen molar-refractivity contribution in [3.63, 3.8) is 0 Å². The van der Waals surface area contributed by atoms with Crippen LogP contribution in [0.3, 0.4) is 0 Å². The summed E-state index contributed by atoms with van der Waals surface area (Å²) in [5.74, 6) is 0.840. The highest BCUT2D eigenvalue weighted by molar-refractivity contribution is 4.90. The zero-order valence-corrected chi connectivity index (χ0v) is 9.10. The van der Waals surface area contributed by atoms with Gasteiger partial charge in [0.05, 0.1) is 6.54 Å². The number of nitrogens with zero attached hydrogens (tertiary/aromatic N) is 2. The minimum atomic E-state index is 0.840. The van der Waals surface area contributed by atoms with Gasteiger partial charge in [0.15, 0.2) is 0 Å². The second-order valence-corrected chi connectivity index (χ2v) is 4.12. The molecule has 1 unspecified atom stereocenters. The van der Waals surface area contributed by atoms with Crippen LogP contribution in [0, 0.1) is 5.92 Å². The molecule has 0 aliphatic heterocycles. The van der Waals surface area contributed by atoms with Gasteiger partial charge in [0.2, 0.25) is 0 Å². The van der Waals surface area contributed by atoms with E-state index in [9.17, 15) is 0 Å². The van der Waals surface area contributed by atoms with Gasteiger partial charge in [-0.25, -0.2) is 0 Å². The third kappa shape index (κ3) is 3.51. The van der Waals surface area contributed by atoms with Crippen LogP contribution >= 0.6 is 0 Å². The molecular formula is C12H19N3. The van der Waals surface area contributed by atoms with Crippen molar-refractivity contribution >= 4 is 0 Å². The number of allylic oxidation sites excluding steroid dienone is 2. The maximum Gasteiger partial charge on any atom is 0.0533 e. The molecule has 2 rings (SSSR count). The van der Waals surface area contributed by atoms with E-state index in [0.29, 0.717) is 0 Å². The van der Waals surface area contributed by atoms with Crippen LogP contribution in [-0.4, -0.2) is 22.9 Å². The molecule has 1 aromatic rings. The van der Waals surface area contributed by atoms with Crippen LogP contribution in [0.2, 0.25) is 0 Å². The number of hydrogen-bond donors (Lipinski definition) is 1. The largest absolute Gasteiger partial charge is 0.315 e. The molecule has 1 aromatic heterocycles. The monoisotopic (exact) mass is 205 g/mol. The Morgan fingerprint density at radius 3 is 3.13 bits per heavy atom. The molecular weight excluding hydrogens is 186 g/mol. The van der Waals surface area contributed by atoms with Crippen molar-refractivity contribution in [2.45, 2.75) is 25.8 Å². The van der Waals surface area contributed by atoms with E-state index in [1.54, 1.807) is 0 Å². The molecule has 1 aliphatic carbocycles. The molecule has 15 heavy (non-hydrogen) atoms. The zero-order chi connectivity index (χ0) is 10.3. The minimum absolute atomic E-state index is 0.840. The predicted molar refractivity (Wildman–Crippen MR) is 61.6 cm³/mol. The summed E-state index contributed by atoms with van der Waals surface area (Å²) >= 11 is 0. The van der Waals surface area contributed by atoms with Gasteiger partial charge in [0.25, 0.3) is 0 Å². The second-order valence-electron chi connectivity index (χ2n) is 4.12. The van der Waals surface area contributed by atoms with Gasteiger partial charge < -0.3 is 5.32 Å². The zero-order valence-electron chi connectivity index (χ0n) is 9.10. The highest BCUT2D eigenvalue weighted by Crippen LogP contribution is 2.16. The SMILES string of the molecule is C1=CCC(CNCCn2cccn2)CC1. The lowest BCUT2D eigenvalue weighted by Crippen LogP contribution is -2.26. The van der Waals surface area contributed by atoms with Gasteiger partial charge in [-0.05, 0) is 37.8 Å². The molecule has 0 aromatic carbocycles. The molecule has 0 saturated heterocycles. The van der Waals surface area contributed by atoms with Gasteiger partial charge in [-0.1, -0.05) is 12.2 Å². The van der Waals surface area contributed by atoms with E-state index in [0.717, 1.165) is 25.6 Å². The number of hydrogen-bond acceptors (Lipinski definition) is 2. The van der Waals surface area contributed by atoms with Crippen LogP contribution in [0.4, 0.5) is 0 Å². The molecule has 0 bridgehead atoms. The summed E-state index contributed by atoms with van der Waals surface area (Å²) in [6, 6.07) is 1.96. The summed E-state index contributed by atoms with van der Waals surface area (Å²) in [6.07, 6.45) is 12.3. The van der Waals surface area contributed by atoms with Gasteiger partial charge in [-0.15, -0.1) is 0 Å². The van der Waals surface area contributed by atoms with Crippen molar-refractivity contribution < 1.29 is 0 Å².